The number of anilines is 1. The number of esters is 1. The SMILES string of the molecule is C[C@@H]1CC[C@@H]2C(=O)N(c3ccc(OC(=O)[C@@H]4CC(=O)N([C@H](C)c5ccccc5)C4)cc3)C(=O)[C@@H]2C1. The molecule has 0 bridgehead atoms. The molecule has 2 saturated heterocycles. The van der Waals surface area contributed by atoms with Crippen LogP contribution >= 0.6 is 0 Å². The van der Waals surface area contributed by atoms with E-state index in [-0.39, 0.29) is 42.0 Å². The molecular weight excluding hydrogens is 444 g/mol. The third-order valence-electron chi connectivity index (χ3n) is 7.74. The minimum atomic E-state index is -0.541. The van der Waals surface area contributed by atoms with Gasteiger partial charge in [0.25, 0.3) is 0 Å². The molecule has 3 amide bonds. The first kappa shape index (κ1) is 23.3. The summed E-state index contributed by atoms with van der Waals surface area (Å²) in [7, 11) is 0. The lowest BCUT2D eigenvalue weighted by atomic mass is 9.76. The molecule has 2 heterocycles. The lowest BCUT2D eigenvalue weighted by Crippen LogP contribution is -2.31. The molecule has 35 heavy (non-hydrogen) atoms. The summed E-state index contributed by atoms with van der Waals surface area (Å²) in [4.78, 5) is 54.2. The third kappa shape index (κ3) is 4.35. The molecule has 0 spiro atoms. The Morgan fingerprint density at radius 2 is 1.63 bits per heavy atom. The van der Waals surface area contributed by atoms with E-state index < -0.39 is 11.9 Å². The molecule has 5 rings (SSSR count). The van der Waals surface area contributed by atoms with Gasteiger partial charge >= 0.3 is 5.97 Å². The number of imide groups is 1. The minimum Gasteiger partial charge on any atom is -0.426 e. The summed E-state index contributed by atoms with van der Waals surface area (Å²) in [5.74, 6) is -1.01. The number of carbonyl (C=O) groups excluding carboxylic acids is 4. The predicted octanol–water partition coefficient (Wildman–Crippen LogP) is 4.13. The second-order valence-electron chi connectivity index (χ2n) is 10.1. The molecular formula is C28H30N2O5. The van der Waals surface area contributed by atoms with Gasteiger partial charge in [0.1, 0.15) is 5.75 Å². The Morgan fingerprint density at radius 3 is 2.34 bits per heavy atom. The normalized spacial score (nSPS) is 27.2. The highest BCUT2D eigenvalue weighted by atomic mass is 16.5. The summed E-state index contributed by atoms with van der Waals surface area (Å²) in [6.45, 7) is 4.39. The Labute approximate surface area is 205 Å². The van der Waals surface area contributed by atoms with E-state index in [1.54, 1.807) is 29.2 Å². The van der Waals surface area contributed by atoms with Gasteiger partial charge in [-0.1, -0.05) is 37.3 Å². The van der Waals surface area contributed by atoms with Gasteiger partial charge in [-0.2, -0.15) is 0 Å². The van der Waals surface area contributed by atoms with Gasteiger partial charge in [-0.25, -0.2) is 0 Å². The van der Waals surface area contributed by atoms with E-state index in [1.807, 2.05) is 37.3 Å². The second kappa shape index (κ2) is 9.29. The van der Waals surface area contributed by atoms with Crippen LogP contribution in [0.1, 0.15) is 51.1 Å². The summed E-state index contributed by atoms with van der Waals surface area (Å²) in [6.07, 6.45) is 2.59. The molecule has 0 N–H and O–H groups in total. The maximum absolute atomic E-state index is 12.9. The lowest BCUT2D eigenvalue weighted by molar-refractivity contribution is -0.139. The van der Waals surface area contributed by atoms with Crippen molar-refractivity contribution >= 4 is 29.4 Å². The van der Waals surface area contributed by atoms with E-state index in [0.29, 0.717) is 23.9 Å². The van der Waals surface area contributed by atoms with Crippen molar-refractivity contribution < 1.29 is 23.9 Å². The number of benzene rings is 2. The van der Waals surface area contributed by atoms with Crippen LogP contribution in [0.15, 0.2) is 54.6 Å². The van der Waals surface area contributed by atoms with Gasteiger partial charge in [0, 0.05) is 13.0 Å². The van der Waals surface area contributed by atoms with Crippen LogP contribution in [0.25, 0.3) is 0 Å². The number of ether oxygens (including phenoxy) is 1. The smallest absolute Gasteiger partial charge is 0.316 e. The summed E-state index contributed by atoms with van der Waals surface area (Å²) in [6, 6.07) is 16.1. The molecule has 7 nitrogen and oxygen atoms in total. The average molecular weight is 475 g/mol. The Kier molecular flexibility index (Phi) is 6.17. The number of hydrogen-bond acceptors (Lipinski definition) is 5. The predicted molar refractivity (Wildman–Crippen MR) is 129 cm³/mol. The Bertz CT molecular complexity index is 1150. The van der Waals surface area contributed by atoms with E-state index in [2.05, 4.69) is 6.92 Å². The van der Waals surface area contributed by atoms with Crippen LogP contribution in [0.5, 0.6) is 5.75 Å². The van der Waals surface area contributed by atoms with Gasteiger partial charge in [0.05, 0.1) is 29.5 Å². The number of rotatable bonds is 5. The largest absolute Gasteiger partial charge is 0.426 e. The monoisotopic (exact) mass is 474 g/mol. The van der Waals surface area contributed by atoms with Gasteiger partial charge < -0.3 is 9.64 Å². The van der Waals surface area contributed by atoms with E-state index >= 15 is 0 Å². The van der Waals surface area contributed by atoms with Gasteiger partial charge in [0.2, 0.25) is 17.7 Å². The van der Waals surface area contributed by atoms with E-state index in [0.717, 1.165) is 24.8 Å². The van der Waals surface area contributed by atoms with E-state index in [1.165, 1.54) is 4.90 Å². The number of likely N-dealkylation sites (tertiary alicyclic amines) is 1. The summed E-state index contributed by atoms with van der Waals surface area (Å²) >= 11 is 0. The maximum atomic E-state index is 12.9. The number of amides is 3. The van der Waals surface area contributed by atoms with Crippen molar-refractivity contribution in [3.63, 3.8) is 0 Å². The van der Waals surface area contributed by atoms with Gasteiger partial charge in [-0.05, 0) is 61.9 Å². The molecule has 1 aliphatic carbocycles. The van der Waals surface area contributed by atoms with Gasteiger partial charge in [-0.3, -0.25) is 24.1 Å². The van der Waals surface area contributed by atoms with Crippen LogP contribution in [0.3, 0.4) is 0 Å². The van der Waals surface area contributed by atoms with Crippen LogP contribution in [0.4, 0.5) is 5.69 Å². The van der Waals surface area contributed by atoms with Crippen LogP contribution in [0, 0.1) is 23.7 Å². The summed E-state index contributed by atoms with van der Waals surface area (Å²) in [5.41, 5.74) is 1.52. The molecule has 0 radical (unpaired) electrons. The van der Waals surface area contributed by atoms with Crippen LogP contribution < -0.4 is 9.64 Å². The number of fused-ring (bicyclic) bond motifs is 1. The van der Waals surface area contributed by atoms with Crippen LogP contribution in [-0.2, 0) is 19.2 Å². The highest BCUT2D eigenvalue weighted by Gasteiger charge is 2.50. The first-order chi connectivity index (χ1) is 16.8. The molecule has 3 fully saturated rings. The highest BCUT2D eigenvalue weighted by molar-refractivity contribution is 6.22. The molecule has 2 aromatic carbocycles. The molecule has 3 aliphatic rings. The summed E-state index contributed by atoms with van der Waals surface area (Å²) < 4.78 is 5.55. The van der Waals surface area contributed by atoms with Crippen LogP contribution in [-0.4, -0.2) is 35.1 Å². The topological polar surface area (TPSA) is 84.0 Å². The zero-order valence-corrected chi connectivity index (χ0v) is 20.1. The molecule has 2 aliphatic heterocycles. The fourth-order valence-electron chi connectivity index (χ4n) is 5.68. The first-order valence-electron chi connectivity index (χ1n) is 12.4. The molecule has 0 aromatic heterocycles. The van der Waals surface area contributed by atoms with Crippen molar-refractivity contribution in [3.8, 4) is 5.75 Å². The molecule has 0 unspecified atom stereocenters. The standard InChI is InChI=1S/C28H30N2O5/c1-17-8-13-23-24(14-17)27(33)30(26(23)32)21-9-11-22(12-10-21)35-28(34)20-15-25(31)29(16-20)18(2)19-6-4-3-5-7-19/h3-7,9-12,17-18,20,23-24H,8,13-16H2,1-2H3/t17-,18-,20-,23+,24-/m1/s1. The molecule has 182 valence electrons. The first-order valence-corrected chi connectivity index (χ1v) is 12.4. The van der Waals surface area contributed by atoms with Crippen molar-refractivity contribution in [1.82, 2.24) is 4.90 Å². The number of hydrogen-bond donors (Lipinski definition) is 0. The fraction of sp³-hybridized carbons (Fsp3) is 0.429. The lowest BCUT2D eigenvalue weighted by Gasteiger charge is -2.25. The second-order valence-corrected chi connectivity index (χ2v) is 10.1. The zero-order chi connectivity index (χ0) is 24.7. The van der Waals surface area contributed by atoms with Crippen molar-refractivity contribution in [2.75, 3.05) is 11.4 Å². The van der Waals surface area contributed by atoms with Crippen molar-refractivity contribution in [1.29, 1.82) is 0 Å². The van der Waals surface area contributed by atoms with E-state index in [9.17, 15) is 19.2 Å². The molecule has 1 saturated carbocycles. The Balaban J connectivity index is 1.22. The summed E-state index contributed by atoms with van der Waals surface area (Å²) in [5, 5.41) is 0. The molecule has 5 atom stereocenters. The fourth-order valence-corrected chi connectivity index (χ4v) is 5.68. The maximum Gasteiger partial charge on any atom is 0.316 e. The van der Waals surface area contributed by atoms with Crippen LogP contribution in [0.2, 0.25) is 0 Å². The van der Waals surface area contributed by atoms with E-state index in [4.69, 9.17) is 4.74 Å². The number of carbonyl (C=O) groups is 4. The molecule has 7 heteroatoms. The number of nitrogens with zero attached hydrogens (tertiary/aromatic N) is 2. The average Bonchev–Trinajstić information content (AvgIpc) is 3.37. The van der Waals surface area contributed by atoms with Gasteiger partial charge in [0.15, 0.2) is 0 Å². The minimum absolute atomic E-state index is 0.0690. The Hall–Kier alpha value is -3.48. The Morgan fingerprint density at radius 1 is 0.943 bits per heavy atom. The third-order valence-corrected chi connectivity index (χ3v) is 7.74. The molecule has 2 aromatic rings. The zero-order valence-electron chi connectivity index (χ0n) is 20.1. The van der Waals surface area contributed by atoms with Gasteiger partial charge in [-0.15, -0.1) is 0 Å². The van der Waals surface area contributed by atoms with Crippen molar-refractivity contribution in [2.45, 2.75) is 45.6 Å². The highest BCUT2D eigenvalue weighted by Crippen LogP contribution is 2.42. The quantitative estimate of drug-likeness (QED) is 0.370. The van der Waals surface area contributed by atoms with Crippen molar-refractivity contribution in [2.24, 2.45) is 23.7 Å². The van der Waals surface area contributed by atoms with Crippen molar-refractivity contribution in [3.05, 3.63) is 60.2 Å².